The van der Waals surface area contributed by atoms with E-state index in [0.29, 0.717) is 44.2 Å². The molecule has 8 nitrogen and oxygen atoms in total. The van der Waals surface area contributed by atoms with Crippen LogP contribution in [-0.4, -0.2) is 65.6 Å². The van der Waals surface area contributed by atoms with Gasteiger partial charge in [0.25, 0.3) is 5.91 Å². The first-order valence-corrected chi connectivity index (χ1v) is 16.7. The second-order valence-electron chi connectivity index (χ2n) is 12.0. The van der Waals surface area contributed by atoms with Crippen molar-refractivity contribution in [2.75, 3.05) is 38.2 Å². The molecular formula is C35H45N5O3S. The summed E-state index contributed by atoms with van der Waals surface area (Å²) in [4.78, 5) is 37.8. The summed E-state index contributed by atoms with van der Waals surface area (Å²) in [5, 5.41) is 5.19. The second-order valence-corrected chi connectivity index (χ2v) is 13.0. The van der Waals surface area contributed by atoms with Crippen molar-refractivity contribution < 1.29 is 14.3 Å². The fraction of sp³-hybridized carbons (Fsp3) is 0.457. The van der Waals surface area contributed by atoms with Gasteiger partial charge in [-0.05, 0) is 67.0 Å². The number of carbonyl (C=O) groups is 2. The highest BCUT2D eigenvalue weighted by atomic mass is 32.1. The lowest BCUT2D eigenvalue weighted by Gasteiger charge is -2.38. The second kappa shape index (κ2) is 14.3. The molecule has 0 spiro atoms. The average Bonchev–Trinajstić information content (AvgIpc) is 3.68. The highest BCUT2D eigenvalue weighted by Crippen LogP contribution is 2.30. The molecule has 0 bridgehead atoms. The number of methoxy groups -OCH3 is 1. The summed E-state index contributed by atoms with van der Waals surface area (Å²) in [5.41, 5.74) is 3.42. The van der Waals surface area contributed by atoms with E-state index in [0.717, 1.165) is 47.6 Å². The standard InChI is InChI=1S/C35H45N5O3S/c1-6-26(7-2)40-30-15-14-25(22-28(30)36-33(40)23-27-11-10-20-44-27)34(41)37-29(21-24(3)4)35(42)39-18-16-38(17-19-39)31-12-8-9-13-32(31)43-5/h8-15,20,22,24,26,29H,6-7,16-19,21,23H2,1-5H3,(H,37,41)/t29-/m0/s1. The molecule has 5 rings (SSSR count). The predicted molar refractivity (Wildman–Crippen MR) is 179 cm³/mol. The number of imidazole rings is 1. The Hall–Kier alpha value is -3.85. The number of carbonyl (C=O) groups excluding carboxylic acids is 2. The lowest BCUT2D eigenvalue weighted by atomic mass is 10.0. The molecule has 1 atom stereocenters. The van der Waals surface area contributed by atoms with E-state index in [1.807, 2.05) is 47.4 Å². The zero-order valence-electron chi connectivity index (χ0n) is 26.6. The normalized spacial score (nSPS) is 14.4. The number of hydrogen-bond donors (Lipinski definition) is 1. The lowest BCUT2D eigenvalue weighted by molar-refractivity contribution is -0.134. The molecule has 1 fully saturated rings. The molecule has 0 unspecified atom stereocenters. The van der Waals surface area contributed by atoms with Crippen LogP contribution in [0.4, 0.5) is 5.69 Å². The van der Waals surface area contributed by atoms with Crippen molar-refractivity contribution >= 4 is 39.9 Å². The molecule has 2 aromatic heterocycles. The van der Waals surface area contributed by atoms with Gasteiger partial charge >= 0.3 is 0 Å². The average molecular weight is 616 g/mol. The van der Waals surface area contributed by atoms with Gasteiger partial charge in [-0.3, -0.25) is 9.59 Å². The lowest BCUT2D eigenvalue weighted by Crippen LogP contribution is -2.55. The summed E-state index contributed by atoms with van der Waals surface area (Å²) in [5.74, 6) is 1.84. The zero-order chi connectivity index (χ0) is 31.2. The Morgan fingerprint density at radius 1 is 1.00 bits per heavy atom. The van der Waals surface area contributed by atoms with Crippen LogP contribution >= 0.6 is 11.3 Å². The van der Waals surface area contributed by atoms with Crippen molar-refractivity contribution in [3.63, 3.8) is 0 Å². The van der Waals surface area contributed by atoms with Gasteiger partial charge in [0.15, 0.2) is 0 Å². The van der Waals surface area contributed by atoms with Gasteiger partial charge in [-0.1, -0.05) is 45.9 Å². The molecule has 44 heavy (non-hydrogen) atoms. The van der Waals surface area contributed by atoms with Crippen LogP contribution in [0.25, 0.3) is 11.0 Å². The highest BCUT2D eigenvalue weighted by Gasteiger charge is 2.30. The highest BCUT2D eigenvalue weighted by molar-refractivity contribution is 7.09. The number of aromatic nitrogens is 2. The van der Waals surface area contributed by atoms with Gasteiger partial charge in [0.2, 0.25) is 5.91 Å². The third kappa shape index (κ3) is 6.93. The van der Waals surface area contributed by atoms with Crippen LogP contribution in [0.5, 0.6) is 5.75 Å². The first kappa shape index (κ1) is 31.6. The van der Waals surface area contributed by atoms with Crippen molar-refractivity contribution in [3.05, 3.63) is 76.2 Å². The fourth-order valence-corrected chi connectivity index (χ4v) is 6.96. The monoisotopic (exact) mass is 615 g/mol. The Balaban J connectivity index is 1.32. The zero-order valence-corrected chi connectivity index (χ0v) is 27.4. The number of nitrogens with one attached hydrogen (secondary N) is 1. The number of nitrogens with zero attached hydrogens (tertiary/aromatic N) is 4. The molecular weight excluding hydrogens is 570 g/mol. The Morgan fingerprint density at radius 2 is 1.75 bits per heavy atom. The van der Waals surface area contributed by atoms with Crippen LogP contribution in [0, 0.1) is 5.92 Å². The minimum absolute atomic E-state index is 0.0240. The van der Waals surface area contributed by atoms with Crippen molar-refractivity contribution in [1.29, 1.82) is 0 Å². The van der Waals surface area contributed by atoms with Gasteiger partial charge < -0.3 is 24.4 Å². The Labute approximate surface area is 265 Å². The van der Waals surface area contributed by atoms with E-state index in [9.17, 15) is 9.59 Å². The van der Waals surface area contributed by atoms with Crippen molar-refractivity contribution in [2.24, 2.45) is 5.92 Å². The first-order valence-electron chi connectivity index (χ1n) is 15.8. The summed E-state index contributed by atoms with van der Waals surface area (Å²) in [6.45, 7) is 11.2. The largest absolute Gasteiger partial charge is 0.495 e. The summed E-state index contributed by atoms with van der Waals surface area (Å²) < 4.78 is 7.90. The van der Waals surface area contributed by atoms with Crippen LogP contribution in [0.2, 0.25) is 0 Å². The van der Waals surface area contributed by atoms with Gasteiger partial charge in [0, 0.05) is 49.1 Å². The van der Waals surface area contributed by atoms with Gasteiger partial charge in [-0.15, -0.1) is 11.3 Å². The van der Waals surface area contributed by atoms with Crippen LogP contribution in [0.1, 0.15) is 74.1 Å². The maximum Gasteiger partial charge on any atom is 0.252 e. The molecule has 1 saturated heterocycles. The van der Waals surface area contributed by atoms with E-state index in [4.69, 9.17) is 9.72 Å². The summed E-state index contributed by atoms with van der Waals surface area (Å²) in [7, 11) is 1.68. The molecule has 1 aliphatic heterocycles. The van der Waals surface area contributed by atoms with Crippen LogP contribution in [0.3, 0.4) is 0 Å². The maximum atomic E-state index is 13.8. The minimum Gasteiger partial charge on any atom is -0.495 e. The van der Waals surface area contributed by atoms with E-state index in [1.165, 1.54) is 4.88 Å². The van der Waals surface area contributed by atoms with Crippen LogP contribution < -0.4 is 15.0 Å². The molecule has 0 aliphatic carbocycles. The topological polar surface area (TPSA) is 79.7 Å². The minimum atomic E-state index is -0.590. The molecule has 2 aromatic carbocycles. The van der Waals surface area contributed by atoms with Crippen molar-refractivity contribution in [3.8, 4) is 5.75 Å². The van der Waals surface area contributed by atoms with Crippen LogP contribution in [-0.2, 0) is 11.2 Å². The molecule has 1 N–H and O–H groups in total. The number of piperazine rings is 1. The Bertz CT molecular complexity index is 1550. The van der Waals surface area contributed by atoms with E-state index in [-0.39, 0.29) is 17.7 Å². The van der Waals surface area contributed by atoms with Gasteiger partial charge in [-0.25, -0.2) is 4.98 Å². The maximum absolute atomic E-state index is 13.8. The quantitative estimate of drug-likeness (QED) is 0.196. The van der Waals surface area contributed by atoms with E-state index >= 15 is 0 Å². The third-order valence-corrected chi connectivity index (χ3v) is 9.45. The molecule has 9 heteroatoms. The number of ether oxygens (including phenoxy) is 1. The number of para-hydroxylation sites is 2. The first-order chi connectivity index (χ1) is 21.3. The smallest absolute Gasteiger partial charge is 0.252 e. The number of thiophene rings is 1. The number of hydrogen-bond acceptors (Lipinski definition) is 6. The fourth-order valence-electron chi connectivity index (χ4n) is 6.26. The van der Waals surface area contributed by atoms with Gasteiger partial charge in [0.05, 0.1) is 23.8 Å². The SMILES string of the molecule is CCC(CC)n1c(Cc2cccs2)nc2cc(C(=O)N[C@@H](CC(C)C)C(=O)N3CCN(c4ccccc4OC)CC3)ccc21. The molecule has 0 radical (unpaired) electrons. The van der Waals surface area contributed by atoms with Crippen molar-refractivity contribution in [2.45, 2.75) is 65.5 Å². The summed E-state index contributed by atoms with van der Waals surface area (Å²) >= 11 is 1.74. The number of amides is 2. The Morgan fingerprint density at radius 3 is 2.41 bits per heavy atom. The van der Waals surface area contributed by atoms with Gasteiger partial charge in [-0.2, -0.15) is 0 Å². The third-order valence-electron chi connectivity index (χ3n) is 8.57. The molecule has 1 aliphatic rings. The van der Waals surface area contributed by atoms with Gasteiger partial charge in [0.1, 0.15) is 17.6 Å². The van der Waals surface area contributed by atoms with Crippen LogP contribution in [0.15, 0.2) is 60.0 Å². The van der Waals surface area contributed by atoms with E-state index < -0.39 is 6.04 Å². The van der Waals surface area contributed by atoms with E-state index in [1.54, 1.807) is 18.4 Å². The molecule has 0 saturated carbocycles. The number of benzene rings is 2. The molecule has 3 heterocycles. The van der Waals surface area contributed by atoms with Crippen molar-refractivity contribution in [1.82, 2.24) is 19.8 Å². The predicted octanol–water partition coefficient (Wildman–Crippen LogP) is 6.55. The van der Waals surface area contributed by atoms with E-state index in [2.05, 4.69) is 60.0 Å². The number of anilines is 1. The number of rotatable bonds is 12. The number of fused-ring (bicyclic) bond motifs is 1. The molecule has 2 amide bonds. The molecule has 234 valence electrons. The summed E-state index contributed by atoms with van der Waals surface area (Å²) in [6, 6.07) is 17.7. The Kier molecular flexibility index (Phi) is 10.3. The molecule has 4 aromatic rings. The summed E-state index contributed by atoms with van der Waals surface area (Å²) in [6.07, 6.45) is 3.36.